The van der Waals surface area contributed by atoms with Gasteiger partial charge in [-0.3, -0.25) is 9.36 Å². The molecule has 30 heavy (non-hydrogen) atoms. The highest BCUT2D eigenvalue weighted by Crippen LogP contribution is 2.32. The second-order valence-electron chi connectivity index (χ2n) is 6.93. The number of hydrogen-bond acceptors (Lipinski definition) is 5. The van der Waals surface area contributed by atoms with Gasteiger partial charge in [-0.2, -0.15) is 0 Å². The van der Waals surface area contributed by atoms with E-state index in [1.807, 2.05) is 67.6 Å². The fraction of sp³-hybridized carbons (Fsp3) is 0.125. The summed E-state index contributed by atoms with van der Waals surface area (Å²) in [6, 6.07) is 20.1. The van der Waals surface area contributed by atoms with Crippen LogP contribution in [-0.2, 0) is 4.74 Å². The maximum atomic E-state index is 13.5. The molecule has 0 saturated heterocycles. The summed E-state index contributed by atoms with van der Waals surface area (Å²) in [4.78, 5) is 29.6. The van der Waals surface area contributed by atoms with Crippen LogP contribution in [0.1, 0.15) is 29.0 Å². The molecular weight excluding hydrogens is 380 g/mol. The Labute approximate surface area is 173 Å². The van der Waals surface area contributed by atoms with Gasteiger partial charge in [-0.05, 0) is 24.1 Å². The molecule has 0 amide bonds. The number of aromatic hydroxyl groups is 1. The fourth-order valence-corrected chi connectivity index (χ4v) is 3.62. The van der Waals surface area contributed by atoms with Crippen LogP contribution in [0.15, 0.2) is 77.7 Å². The molecule has 6 nitrogen and oxygen atoms in total. The van der Waals surface area contributed by atoms with Crippen LogP contribution >= 0.6 is 0 Å². The molecule has 0 radical (unpaired) electrons. The number of hydrogen-bond donors (Lipinski definition) is 1. The van der Waals surface area contributed by atoms with Crippen LogP contribution in [0.2, 0.25) is 0 Å². The van der Waals surface area contributed by atoms with Gasteiger partial charge < -0.3 is 9.84 Å². The zero-order valence-electron chi connectivity index (χ0n) is 16.6. The lowest BCUT2D eigenvalue weighted by molar-refractivity contribution is 0.0591. The Balaban J connectivity index is 2.08. The van der Waals surface area contributed by atoms with Gasteiger partial charge in [0, 0.05) is 10.9 Å². The lowest BCUT2D eigenvalue weighted by atomic mass is 10.0. The first-order valence-corrected chi connectivity index (χ1v) is 9.48. The first kappa shape index (κ1) is 19.4. The molecule has 0 fully saturated rings. The lowest BCUT2D eigenvalue weighted by Gasteiger charge is -2.20. The molecule has 4 aromatic rings. The third kappa shape index (κ3) is 3.22. The molecule has 150 valence electrons. The zero-order valence-corrected chi connectivity index (χ0v) is 16.6. The van der Waals surface area contributed by atoms with E-state index in [2.05, 4.69) is 4.98 Å². The average Bonchev–Trinajstić information content (AvgIpc) is 2.79. The van der Waals surface area contributed by atoms with Crippen molar-refractivity contribution >= 4 is 16.9 Å². The van der Waals surface area contributed by atoms with Gasteiger partial charge >= 0.3 is 5.97 Å². The number of carbonyl (C=O) groups is 1. The molecular formula is C24H20N2O4. The first-order valence-electron chi connectivity index (χ1n) is 9.48. The van der Waals surface area contributed by atoms with Crippen LogP contribution in [0.25, 0.3) is 22.0 Å². The highest BCUT2D eigenvalue weighted by molar-refractivity contribution is 5.99. The highest BCUT2D eigenvalue weighted by Gasteiger charge is 2.22. The number of nitrogens with zero attached hydrogens (tertiary/aromatic N) is 2. The summed E-state index contributed by atoms with van der Waals surface area (Å²) in [6.07, 6.45) is 1.43. The van der Waals surface area contributed by atoms with Crippen LogP contribution in [-0.4, -0.2) is 27.7 Å². The number of methoxy groups -OCH3 is 1. The summed E-state index contributed by atoms with van der Waals surface area (Å²) in [7, 11) is 1.22. The van der Waals surface area contributed by atoms with Crippen LogP contribution in [0.5, 0.6) is 5.75 Å². The number of benzene rings is 2. The van der Waals surface area contributed by atoms with E-state index in [-0.39, 0.29) is 23.0 Å². The molecule has 0 aliphatic carbocycles. The highest BCUT2D eigenvalue weighted by atomic mass is 16.5. The third-order valence-corrected chi connectivity index (χ3v) is 5.20. The number of pyridine rings is 2. The van der Waals surface area contributed by atoms with Crippen molar-refractivity contribution in [3.63, 3.8) is 0 Å². The van der Waals surface area contributed by atoms with E-state index >= 15 is 0 Å². The van der Waals surface area contributed by atoms with E-state index in [0.717, 1.165) is 5.56 Å². The van der Waals surface area contributed by atoms with Crippen LogP contribution < -0.4 is 5.56 Å². The first-order chi connectivity index (χ1) is 14.5. The minimum Gasteiger partial charge on any atom is -0.505 e. The molecule has 0 saturated carbocycles. The second-order valence-corrected chi connectivity index (χ2v) is 6.93. The van der Waals surface area contributed by atoms with Crippen LogP contribution in [0.3, 0.4) is 0 Å². The predicted octanol–water partition coefficient (Wildman–Crippen LogP) is 4.17. The maximum absolute atomic E-state index is 13.5. The Kier molecular flexibility index (Phi) is 5.06. The summed E-state index contributed by atoms with van der Waals surface area (Å²) in [5.74, 6) is -1.06. The van der Waals surface area contributed by atoms with E-state index in [0.29, 0.717) is 22.0 Å². The Hall–Kier alpha value is -3.93. The molecule has 1 N–H and O–H groups in total. The third-order valence-electron chi connectivity index (χ3n) is 5.20. The van der Waals surface area contributed by atoms with Crippen molar-refractivity contribution in [3.05, 3.63) is 94.5 Å². The standard InChI is InChI=1S/C24H20N2O4/c1-15(16-9-5-3-6-10-16)26-20-14-25-21(24(29)30-2)22(27)19(20)13-18(23(26)28)17-11-7-4-8-12-17/h3-15,27H,1-2H3. The van der Waals surface area contributed by atoms with Crippen molar-refractivity contribution in [3.8, 4) is 16.9 Å². The lowest BCUT2D eigenvalue weighted by Crippen LogP contribution is -2.26. The Morgan fingerprint density at radius 1 is 1.07 bits per heavy atom. The van der Waals surface area contributed by atoms with Crippen molar-refractivity contribution in [1.82, 2.24) is 9.55 Å². The summed E-state index contributed by atoms with van der Waals surface area (Å²) >= 11 is 0. The minimum atomic E-state index is -0.746. The molecule has 2 heterocycles. The second kappa shape index (κ2) is 7.83. The SMILES string of the molecule is COC(=O)c1ncc2c(cc(-c3ccccc3)c(=O)n2C(C)c2ccccc2)c1O. The van der Waals surface area contributed by atoms with E-state index < -0.39 is 5.97 Å². The normalized spacial score (nSPS) is 11.9. The fourth-order valence-electron chi connectivity index (χ4n) is 3.62. The maximum Gasteiger partial charge on any atom is 0.360 e. The van der Waals surface area contributed by atoms with Crippen molar-refractivity contribution in [2.75, 3.05) is 7.11 Å². The Morgan fingerprint density at radius 2 is 1.70 bits per heavy atom. The number of rotatable bonds is 4. The Morgan fingerprint density at radius 3 is 2.33 bits per heavy atom. The quantitative estimate of drug-likeness (QED) is 0.520. The van der Waals surface area contributed by atoms with Crippen molar-refractivity contribution < 1.29 is 14.6 Å². The predicted molar refractivity (Wildman–Crippen MR) is 115 cm³/mol. The molecule has 6 heteroatoms. The summed E-state index contributed by atoms with van der Waals surface area (Å²) in [5.41, 5.74) is 2.10. The van der Waals surface area contributed by atoms with Gasteiger partial charge in [0.05, 0.1) is 24.9 Å². The average molecular weight is 400 g/mol. The molecule has 4 rings (SSSR count). The monoisotopic (exact) mass is 400 g/mol. The van der Waals surface area contributed by atoms with Gasteiger partial charge in [-0.15, -0.1) is 0 Å². The van der Waals surface area contributed by atoms with Crippen molar-refractivity contribution in [2.24, 2.45) is 0 Å². The number of carbonyl (C=O) groups excluding carboxylic acids is 1. The number of aromatic nitrogens is 2. The zero-order chi connectivity index (χ0) is 21.3. The van der Waals surface area contributed by atoms with E-state index in [1.54, 1.807) is 10.6 Å². The van der Waals surface area contributed by atoms with E-state index in [9.17, 15) is 14.7 Å². The molecule has 1 unspecified atom stereocenters. The molecule has 0 aliphatic rings. The van der Waals surface area contributed by atoms with Gasteiger partial charge in [-0.25, -0.2) is 9.78 Å². The van der Waals surface area contributed by atoms with Crippen LogP contribution in [0, 0.1) is 0 Å². The molecule has 0 bridgehead atoms. The van der Waals surface area contributed by atoms with Gasteiger partial charge in [-0.1, -0.05) is 60.7 Å². The summed E-state index contributed by atoms with van der Waals surface area (Å²) in [5, 5.41) is 11.2. The van der Waals surface area contributed by atoms with E-state index in [1.165, 1.54) is 13.3 Å². The molecule has 1 atom stereocenters. The van der Waals surface area contributed by atoms with Crippen molar-refractivity contribution in [1.29, 1.82) is 0 Å². The number of fused-ring (bicyclic) bond motifs is 1. The van der Waals surface area contributed by atoms with Gasteiger partial charge in [0.1, 0.15) is 0 Å². The molecule has 0 spiro atoms. The summed E-state index contributed by atoms with van der Waals surface area (Å²) in [6.45, 7) is 1.91. The van der Waals surface area contributed by atoms with E-state index in [4.69, 9.17) is 4.74 Å². The summed E-state index contributed by atoms with van der Waals surface area (Å²) < 4.78 is 6.32. The van der Waals surface area contributed by atoms with Gasteiger partial charge in [0.25, 0.3) is 5.56 Å². The largest absolute Gasteiger partial charge is 0.505 e. The minimum absolute atomic E-state index is 0.193. The van der Waals surface area contributed by atoms with Crippen molar-refractivity contribution in [2.45, 2.75) is 13.0 Å². The Bertz CT molecular complexity index is 1280. The smallest absolute Gasteiger partial charge is 0.360 e. The topological polar surface area (TPSA) is 81.4 Å². The van der Waals surface area contributed by atoms with Gasteiger partial charge in [0.2, 0.25) is 0 Å². The van der Waals surface area contributed by atoms with Gasteiger partial charge in [0.15, 0.2) is 11.4 Å². The number of ether oxygens (including phenoxy) is 1. The van der Waals surface area contributed by atoms with Crippen LogP contribution in [0.4, 0.5) is 0 Å². The molecule has 2 aromatic carbocycles. The molecule has 2 aromatic heterocycles. The number of esters is 1. The molecule has 0 aliphatic heterocycles.